The van der Waals surface area contributed by atoms with Crippen LogP contribution in [0.4, 0.5) is 0 Å². The predicted octanol–water partition coefficient (Wildman–Crippen LogP) is -0.0256. The third kappa shape index (κ3) is 3.70. The summed E-state index contributed by atoms with van der Waals surface area (Å²) >= 11 is 0. The molecule has 11 heavy (non-hydrogen) atoms. The SMILES string of the molecule is CNCCCOC1CCNC1. The monoisotopic (exact) mass is 158 g/mol. The molecule has 3 nitrogen and oxygen atoms in total. The summed E-state index contributed by atoms with van der Waals surface area (Å²) in [5, 5.41) is 6.37. The highest BCUT2D eigenvalue weighted by Crippen LogP contribution is 2.02. The largest absolute Gasteiger partial charge is 0.377 e. The molecular weight excluding hydrogens is 140 g/mol. The molecule has 0 spiro atoms. The van der Waals surface area contributed by atoms with Gasteiger partial charge in [0.15, 0.2) is 0 Å². The van der Waals surface area contributed by atoms with Gasteiger partial charge in [0, 0.05) is 13.2 Å². The van der Waals surface area contributed by atoms with Gasteiger partial charge in [-0.05, 0) is 33.0 Å². The molecule has 1 unspecified atom stereocenters. The standard InChI is InChI=1S/C8H18N2O/c1-9-4-2-6-11-8-3-5-10-7-8/h8-10H,2-7H2,1H3. The molecule has 2 N–H and O–H groups in total. The normalized spacial score (nSPS) is 24.3. The average molecular weight is 158 g/mol. The van der Waals surface area contributed by atoms with Gasteiger partial charge in [-0.2, -0.15) is 0 Å². The quantitative estimate of drug-likeness (QED) is 0.551. The Kier molecular flexibility index (Phi) is 4.50. The Labute approximate surface area is 68.5 Å². The van der Waals surface area contributed by atoms with Crippen LogP contribution < -0.4 is 10.6 Å². The molecule has 0 amide bonds. The summed E-state index contributed by atoms with van der Waals surface area (Å²) in [4.78, 5) is 0. The van der Waals surface area contributed by atoms with E-state index in [9.17, 15) is 0 Å². The van der Waals surface area contributed by atoms with E-state index in [0.717, 1.165) is 32.7 Å². The fourth-order valence-corrected chi connectivity index (χ4v) is 1.27. The maximum absolute atomic E-state index is 5.60. The van der Waals surface area contributed by atoms with Crippen LogP contribution in [-0.2, 0) is 4.74 Å². The molecule has 3 heteroatoms. The van der Waals surface area contributed by atoms with E-state index >= 15 is 0 Å². The van der Waals surface area contributed by atoms with E-state index < -0.39 is 0 Å². The van der Waals surface area contributed by atoms with Crippen LogP contribution in [0.15, 0.2) is 0 Å². The third-order valence-electron chi connectivity index (χ3n) is 1.94. The van der Waals surface area contributed by atoms with Crippen LogP contribution in [0, 0.1) is 0 Å². The van der Waals surface area contributed by atoms with Crippen LogP contribution in [0.5, 0.6) is 0 Å². The van der Waals surface area contributed by atoms with Crippen LogP contribution in [0.1, 0.15) is 12.8 Å². The zero-order valence-electron chi connectivity index (χ0n) is 7.23. The second-order valence-electron chi connectivity index (χ2n) is 2.94. The van der Waals surface area contributed by atoms with Gasteiger partial charge in [0.25, 0.3) is 0 Å². The lowest BCUT2D eigenvalue weighted by atomic mass is 10.3. The maximum atomic E-state index is 5.60. The molecule has 1 aliphatic heterocycles. The molecule has 1 rings (SSSR count). The number of rotatable bonds is 5. The summed E-state index contributed by atoms with van der Waals surface area (Å²) in [5.74, 6) is 0. The number of ether oxygens (including phenoxy) is 1. The van der Waals surface area contributed by atoms with Crippen molar-refractivity contribution >= 4 is 0 Å². The molecule has 0 aromatic rings. The minimum Gasteiger partial charge on any atom is -0.377 e. The van der Waals surface area contributed by atoms with Gasteiger partial charge in [-0.1, -0.05) is 0 Å². The van der Waals surface area contributed by atoms with E-state index in [2.05, 4.69) is 10.6 Å². The molecule has 1 heterocycles. The Morgan fingerprint density at radius 3 is 3.18 bits per heavy atom. The topological polar surface area (TPSA) is 33.3 Å². The van der Waals surface area contributed by atoms with Crippen molar-refractivity contribution in [2.45, 2.75) is 18.9 Å². The van der Waals surface area contributed by atoms with Crippen LogP contribution >= 0.6 is 0 Å². The molecule has 1 atom stereocenters. The molecule has 1 saturated heterocycles. The molecule has 66 valence electrons. The van der Waals surface area contributed by atoms with Gasteiger partial charge < -0.3 is 15.4 Å². The zero-order chi connectivity index (χ0) is 7.94. The first-order valence-corrected chi connectivity index (χ1v) is 4.40. The smallest absolute Gasteiger partial charge is 0.0711 e. The Balaban J connectivity index is 1.86. The van der Waals surface area contributed by atoms with Crippen molar-refractivity contribution in [3.8, 4) is 0 Å². The van der Waals surface area contributed by atoms with E-state index in [0.29, 0.717) is 6.10 Å². The van der Waals surface area contributed by atoms with Gasteiger partial charge in [-0.25, -0.2) is 0 Å². The van der Waals surface area contributed by atoms with Crippen LogP contribution in [0.2, 0.25) is 0 Å². The van der Waals surface area contributed by atoms with Gasteiger partial charge in [0.05, 0.1) is 6.10 Å². The molecular formula is C8H18N2O. The second-order valence-corrected chi connectivity index (χ2v) is 2.94. The first-order valence-electron chi connectivity index (χ1n) is 4.40. The summed E-state index contributed by atoms with van der Waals surface area (Å²) in [6, 6.07) is 0. The number of hydrogen-bond acceptors (Lipinski definition) is 3. The van der Waals surface area contributed by atoms with E-state index in [-0.39, 0.29) is 0 Å². The van der Waals surface area contributed by atoms with Crippen molar-refractivity contribution in [1.29, 1.82) is 0 Å². The van der Waals surface area contributed by atoms with E-state index in [4.69, 9.17) is 4.74 Å². The molecule has 0 aliphatic carbocycles. The van der Waals surface area contributed by atoms with Crippen molar-refractivity contribution in [3.63, 3.8) is 0 Å². The van der Waals surface area contributed by atoms with Crippen molar-refractivity contribution in [1.82, 2.24) is 10.6 Å². The third-order valence-corrected chi connectivity index (χ3v) is 1.94. The highest BCUT2D eigenvalue weighted by molar-refractivity contribution is 4.70. The van der Waals surface area contributed by atoms with Gasteiger partial charge in [-0.15, -0.1) is 0 Å². The summed E-state index contributed by atoms with van der Waals surface area (Å²) in [6.45, 7) is 4.11. The predicted molar refractivity (Wildman–Crippen MR) is 45.8 cm³/mol. The Morgan fingerprint density at radius 1 is 1.64 bits per heavy atom. The Morgan fingerprint density at radius 2 is 2.55 bits per heavy atom. The molecule has 1 fully saturated rings. The summed E-state index contributed by atoms with van der Waals surface area (Å²) in [5.41, 5.74) is 0. The second kappa shape index (κ2) is 5.52. The lowest BCUT2D eigenvalue weighted by molar-refractivity contribution is 0.0657. The van der Waals surface area contributed by atoms with Crippen LogP contribution in [0.25, 0.3) is 0 Å². The van der Waals surface area contributed by atoms with Crippen LogP contribution in [0.3, 0.4) is 0 Å². The van der Waals surface area contributed by atoms with Crippen molar-refractivity contribution in [3.05, 3.63) is 0 Å². The van der Waals surface area contributed by atoms with Gasteiger partial charge in [0.1, 0.15) is 0 Å². The molecule has 1 aliphatic rings. The van der Waals surface area contributed by atoms with Gasteiger partial charge >= 0.3 is 0 Å². The van der Waals surface area contributed by atoms with Gasteiger partial charge in [0.2, 0.25) is 0 Å². The van der Waals surface area contributed by atoms with E-state index in [1.807, 2.05) is 7.05 Å². The molecule has 0 aromatic heterocycles. The van der Waals surface area contributed by atoms with Crippen molar-refractivity contribution < 1.29 is 4.74 Å². The highest BCUT2D eigenvalue weighted by atomic mass is 16.5. The Bertz CT molecular complexity index is 92.1. The van der Waals surface area contributed by atoms with Crippen molar-refractivity contribution in [2.24, 2.45) is 0 Å². The Hall–Kier alpha value is -0.120. The molecule has 0 aromatic carbocycles. The summed E-state index contributed by atoms with van der Waals surface area (Å²) < 4.78 is 5.60. The van der Waals surface area contributed by atoms with Crippen LogP contribution in [-0.4, -0.2) is 39.4 Å². The number of nitrogens with one attached hydrogen (secondary N) is 2. The first-order chi connectivity index (χ1) is 5.43. The fraction of sp³-hybridized carbons (Fsp3) is 1.00. The lowest BCUT2D eigenvalue weighted by Crippen LogP contribution is -2.19. The lowest BCUT2D eigenvalue weighted by Gasteiger charge is -2.09. The maximum Gasteiger partial charge on any atom is 0.0711 e. The van der Waals surface area contributed by atoms with E-state index in [1.54, 1.807) is 0 Å². The van der Waals surface area contributed by atoms with Gasteiger partial charge in [-0.3, -0.25) is 0 Å². The first kappa shape index (κ1) is 8.97. The van der Waals surface area contributed by atoms with Crippen molar-refractivity contribution in [2.75, 3.05) is 33.3 Å². The molecule has 0 bridgehead atoms. The molecule has 0 radical (unpaired) electrons. The number of hydrogen-bond donors (Lipinski definition) is 2. The fourth-order valence-electron chi connectivity index (χ4n) is 1.27. The highest BCUT2D eigenvalue weighted by Gasteiger charge is 2.13. The summed E-state index contributed by atoms with van der Waals surface area (Å²) in [7, 11) is 1.97. The minimum atomic E-state index is 0.479. The summed E-state index contributed by atoms with van der Waals surface area (Å²) in [6.07, 6.45) is 2.78. The minimum absolute atomic E-state index is 0.479. The molecule has 0 saturated carbocycles. The zero-order valence-corrected chi connectivity index (χ0v) is 7.23. The van der Waals surface area contributed by atoms with E-state index in [1.165, 1.54) is 6.42 Å². The average Bonchev–Trinajstić information content (AvgIpc) is 2.50.